The van der Waals surface area contributed by atoms with Crippen molar-refractivity contribution in [3.05, 3.63) is 30.2 Å². The summed E-state index contributed by atoms with van der Waals surface area (Å²) >= 11 is 0. The molecule has 0 bridgehead atoms. The summed E-state index contributed by atoms with van der Waals surface area (Å²) in [7, 11) is 1.67. The SMILES string of the molecule is COC(C)(C)C[C@H](C)NC(=O)Nc1cc(-c2nnco2)ccc1C. The second kappa shape index (κ2) is 7.44. The molecular weight excluding hydrogens is 308 g/mol. The van der Waals surface area contributed by atoms with Crippen molar-refractivity contribution in [1.82, 2.24) is 15.5 Å². The van der Waals surface area contributed by atoms with Crippen LogP contribution in [0.25, 0.3) is 11.5 Å². The van der Waals surface area contributed by atoms with Crippen molar-refractivity contribution in [1.29, 1.82) is 0 Å². The Morgan fingerprint density at radius 1 is 1.42 bits per heavy atom. The van der Waals surface area contributed by atoms with Gasteiger partial charge in [-0.25, -0.2) is 4.79 Å². The van der Waals surface area contributed by atoms with E-state index in [1.54, 1.807) is 7.11 Å². The van der Waals surface area contributed by atoms with Gasteiger partial charge in [0.1, 0.15) is 0 Å². The monoisotopic (exact) mass is 332 g/mol. The van der Waals surface area contributed by atoms with Gasteiger partial charge in [-0.1, -0.05) is 6.07 Å². The van der Waals surface area contributed by atoms with Crippen LogP contribution < -0.4 is 10.6 Å². The highest BCUT2D eigenvalue weighted by Gasteiger charge is 2.21. The van der Waals surface area contributed by atoms with E-state index in [9.17, 15) is 4.79 Å². The molecule has 2 amide bonds. The van der Waals surface area contributed by atoms with Crippen molar-refractivity contribution in [2.45, 2.75) is 45.8 Å². The standard InChI is InChI=1S/C17H24N4O3/c1-11-6-7-13(15-21-18-10-24-15)8-14(11)20-16(22)19-12(2)9-17(3,4)23-5/h6-8,10,12H,9H2,1-5H3,(H2,19,20,22)/t12-/m0/s1. The van der Waals surface area contributed by atoms with E-state index in [2.05, 4.69) is 20.8 Å². The Kier molecular flexibility index (Phi) is 5.56. The van der Waals surface area contributed by atoms with Crippen molar-refractivity contribution in [2.24, 2.45) is 0 Å². The Bertz CT molecular complexity index is 683. The van der Waals surface area contributed by atoms with Crippen molar-refractivity contribution >= 4 is 11.7 Å². The molecule has 0 unspecified atom stereocenters. The van der Waals surface area contributed by atoms with Gasteiger partial charge in [-0.05, 0) is 51.8 Å². The van der Waals surface area contributed by atoms with E-state index in [4.69, 9.17) is 9.15 Å². The molecule has 1 atom stereocenters. The normalized spacial score (nSPS) is 12.7. The predicted octanol–water partition coefficient (Wildman–Crippen LogP) is 3.37. The summed E-state index contributed by atoms with van der Waals surface area (Å²) in [5.41, 5.74) is 2.10. The Morgan fingerprint density at radius 2 is 2.17 bits per heavy atom. The van der Waals surface area contributed by atoms with Crippen LogP contribution in [0.4, 0.5) is 10.5 Å². The molecule has 0 saturated carbocycles. The number of carbonyl (C=O) groups is 1. The smallest absolute Gasteiger partial charge is 0.319 e. The number of anilines is 1. The third-order valence-electron chi connectivity index (χ3n) is 3.82. The highest BCUT2D eigenvalue weighted by molar-refractivity contribution is 5.91. The first-order chi connectivity index (χ1) is 11.3. The van der Waals surface area contributed by atoms with Crippen LogP contribution in [0.1, 0.15) is 32.8 Å². The van der Waals surface area contributed by atoms with Crippen LogP contribution in [-0.4, -0.2) is 35.0 Å². The molecule has 130 valence electrons. The van der Waals surface area contributed by atoms with Gasteiger partial charge < -0.3 is 19.8 Å². The number of aryl methyl sites for hydroxylation is 1. The number of ether oxygens (including phenoxy) is 1. The number of hydrogen-bond donors (Lipinski definition) is 2. The average molecular weight is 332 g/mol. The third-order valence-corrected chi connectivity index (χ3v) is 3.82. The molecule has 0 saturated heterocycles. The molecular formula is C17H24N4O3. The number of aromatic nitrogens is 2. The van der Waals surface area contributed by atoms with Gasteiger partial charge in [0, 0.05) is 24.4 Å². The lowest BCUT2D eigenvalue weighted by molar-refractivity contribution is 0.00963. The number of nitrogens with zero attached hydrogens (tertiary/aromatic N) is 2. The van der Waals surface area contributed by atoms with Crippen LogP contribution in [0.2, 0.25) is 0 Å². The van der Waals surface area contributed by atoms with E-state index in [0.29, 0.717) is 18.0 Å². The van der Waals surface area contributed by atoms with Crippen LogP contribution in [0.15, 0.2) is 29.0 Å². The highest BCUT2D eigenvalue weighted by atomic mass is 16.5. The molecule has 24 heavy (non-hydrogen) atoms. The van der Waals surface area contributed by atoms with Gasteiger partial charge in [0.05, 0.1) is 5.60 Å². The number of benzene rings is 1. The molecule has 0 fully saturated rings. The molecule has 0 aliphatic rings. The van der Waals surface area contributed by atoms with Gasteiger partial charge in [0.15, 0.2) is 0 Å². The van der Waals surface area contributed by atoms with Crippen molar-refractivity contribution in [2.75, 3.05) is 12.4 Å². The highest BCUT2D eigenvalue weighted by Crippen LogP contribution is 2.24. The average Bonchev–Trinajstić information content (AvgIpc) is 3.03. The summed E-state index contributed by atoms with van der Waals surface area (Å²) in [4.78, 5) is 12.2. The first-order valence-electron chi connectivity index (χ1n) is 7.80. The molecule has 2 N–H and O–H groups in total. The van der Waals surface area contributed by atoms with Crippen LogP contribution in [-0.2, 0) is 4.74 Å². The minimum atomic E-state index is -0.291. The van der Waals surface area contributed by atoms with E-state index >= 15 is 0 Å². The zero-order chi connectivity index (χ0) is 17.7. The van der Waals surface area contributed by atoms with E-state index in [0.717, 1.165) is 11.1 Å². The number of nitrogens with one attached hydrogen (secondary N) is 2. The topological polar surface area (TPSA) is 89.3 Å². The van der Waals surface area contributed by atoms with Gasteiger partial charge in [0.2, 0.25) is 12.3 Å². The fourth-order valence-corrected chi connectivity index (χ4v) is 2.44. The fraction of sp³-hybridized carbons (Fsp3) is 0.471. The molecule has 2 aromatic rings. The fourth-order valence-electron chi connectivity index (χ4n) is 2.44. The molecule has 2 rings (SSSR count). The summed E-state index contributed by atoms with van der Waals surface area (Å²) < 4.78 is 10.6. The number of amides is 2. The predicted molar refractivity (Wildman–Crippen MR) is 91.8 cm³/mol. The lowest BCUT2D eigenvalue weighted by Gasteiger charge is -2.27. The molecule has 7 heteroatoms. The van der Waals surface area contributed by atoms with Crippen molar-refractivity contribution in [3.8, 4) is 11.5 Å². The largest absolute Gasteiger partial charge is 0.423 e. The van der Waals surface area contributed by atoms with Gasteiger partial charge in [-0.15, -0.1) is 10.2 Å². The molecule has 7 nitrogen and oxygen atoms in total. The van der Waals surface area contributed by atoms with Crippen molar-refractivity contribution < 1.29 is 13.9 Å². The van der Waals surface area contributed by atoms with Crippen LogP contribution in [0.3, 0.4) is 0 Å². The summed E-state index contributed by atoms with van der Waals surface area (Å²) in [5.74, 6) is 0.411. The lowest BCUT2D eigenvalue weighted by atomic mass is 10.00. The Labute approximate surface area is 141 Å². The summed E-state index contributed by atoms with van der Waals surface area (Å²) in [6.45, 7) is 7.84. The first kappa shape index (κ1) is 17.9. The quantitative estimate of drug-likeness (QED) is 0.846. The summed E-state index contributed by atoms with van der Waals surface area (Å²) in [6.07, 6.45) is 1.98. The van der Waals surface area contributed by atoms with E-state index in [1.165, 1.54) is 6.39 Å². The maximum atomic E-state index is 12.2. The van der Waals surface area contributed by atoms with E-state index in [-0.39, 0.29) is 17.7 Å². The number of hydrogen-bond acceptors (Lipinski definition) is 5. The summed E-state index contributed by atoms with van der Waals surface area (Å²) in [5, 5.41) is 13.3. The molecule has 0 aliphatic heterocycles. The van der Waals surface area contributed by atoms with Crippen molar-refractivity contribution in [3.63, 3.8) is 0 Å². The summed E-state index contributed by atoms with van der Waals surface area (Å²) in [6, 6.07) is 5.29. The minimum Gasteiger partial charge on any atom is -0.423 e. The van der Waals surface area contributed by atoms with Crippen LogP contribution >= 0.6 is 0 Å². The zero-order valence-electron chi connectivity index (χ0n) is 14.7. The van der Waals surface area contributed by atoms with Gasteiger partial charge >= 0.3 is 6.03 Å². The molecule has 0 spiro atoms. The first-order valence-corrected chi connectivity index (χ1v) is 7.80. The zero-order valence-corrected chi connectivity index (χ0v) is 14.7. The molecule has 1 aromatic heterocycles. The molecule has 0 radical (unpaired) electrons. The van der Waals surface area contributed by atoms with Gasteiger partial charge in [0.25, 0.3) is 0 Å². The van der Waals surface area contributed by atoms with Crippen LogP contribution in [0, 0.1) is 6.92 Å². The third kappa shape index (κ3) is 4.79. The molecule has 1 aromatic carbocycles. The molecule has 1 heterocycles. The number of rotatable bonds is 6. The van der Waals surface area contributed by atoms with Gasteiger partial charge in [-0.2, -0.15) is 0 Å². The maximum absolute atomic E-state index is 12.2. The van der Waals surface area contributed by atoms with E-state index in [1.807, 2.05) is 45.9 Å². The number of methoxy groups -OCH3 is 1. The Morgan fingerprint density at radius 3 is 2.79 bits per heavy atom. The number of carbonyl (C=O) groups excluding carboxylic acids is 1. The Balaban J connectivity index is 2.02. The Hall–Kier alpha value is -2.41. The second-order valence-electron chi connectivity index (χ2n) is 6.44. The van der Waals surface area contributed by atoms with Crippen LogP contribution in [0.5, 0.6) is 0 Å². The van der Waals surface area contributed by atoms with E-state index < -0.39 is 0 Å². The second-order valence-corrected chi connectivity index (χ2v) is 6.44. The maximum Gasteiger partial charge on any atom is 0.319 e. The minimum absolute atomic E-state index is 0.0284. The number of urea groups is 1. The lowest BCUT2D eigenvalue weighted by Crippen LogP contribution is -2.41. The molecule has 0 aliphatic carbocycles. The van der Waals surface area contributed by atoms with Gasteiger partial charge in [-0.3, -0.25) is 0 Å².